The van der Waals surface area contributed by atoms with Crippen LogP contribution in [0.25, 0.3) is 0 Å². The Hall–Kier alpha value is -0.950. The number of rotatable bonds is 7. The smallest absolute Gasteiger partial charge is 0.220 e. The summed E-state index contributed by atoms with van der Waals surface area (Å²) in [5.74, 6) is -0.322. The lowest BCUT2D eigenvalue weighted by molar-refractivity contribution is -0.125. The van der Waals surface area contributed by atoms with Crippen molar-refractivity contribution in [2.24, 2.45) is 0 Å². The van der Waals surface area contributed by atoms with Crippen molar-refractivity contribution in [2.75, 3.05) is 19.8 Å². The average molecular weight is 332 g/mol. The largest absolute Gasteiger partial charge is 0.394 e. The van der Waals surface area contributed by atoms with Gasteiger partial charge in [-0.2, -0.15) is 0 Å². The Bertz CT molecular complexity index is 413. The first-order chi connectivity index (χ1) is 9.05. The molecule has 5 nitrogen and oxygen atoms in total. The molecule has 1 amide bonds. The molecule has 4 N–H and O–H groups in total. The Morgan fingerprint density at radius 2 is 1.84 bits per heavy atom. The molecule has 0 saturated carbocycles. The van der Waals surface area contributed by atoms with Crippen LogP contribution in [-0.4, -0.2) is 46.6 Å². The molecule has 0 fully saturated rings. The van der Waals surface area contributed by atoms with Crippen LogP contribution in [0.4, 0.5) is 0 Å². The Morgan fingerprint density at radius 1 is 1.21 bits per heavy atom. The fraction of sp³-hybridized carbons (Fsp3) is 0.462. The summed E-state index contributed by atoms with van der Waals surface area (Å²) in [5.41, 5.74) is -0.346. The highest BCUT2D eigenvalue weighted by Crippen LogP contribution is 2.13. The zero-order chi connectivity index (χ0) is 14.3. The molecule has 0 unspecified atom stereocenters. The van der Waals surface area contributed by atoms with E-state index in [9.17, 15) is 4.79 Å². The quantitative estimate of drug-likeness (QED) is 0.575. The van der Waals surface area contributed by atoms with Crippen LogP contribution in [0.5, 0.6) is 0 Å². The number of hydrogen-bond donors (Lipinski definition) is 4. The number of hydrogen-bond acceptors (Lipinski definition) is 4. The van der Waals surface area contributed by atoms with Gasteiger partial charge in [-0.25, -0.2) is 0 Å². The maximum absolute atomic E-state index is 11.7. The molecule has 106 valence electrons. The van der Waals surface area contributed by atoms with Gasteiger partial charge in [-0.1, -0.05) is 28.1 Å². The van der Waals surface area contributed by atoms with Gasteiger partial charge in [0.2, 0.25) is 5.91 Å². The minimum atomic E-state index is -1.35. The van der Waals surface area contributed by atoms with Crippen LogP contribution in [0.15, 0.2) is 28.7 Å². The number of benzene rings is 1. The van der Waals surface area contributed by atoms with Gasteiger partial charge in [0.1, 0.15) is 5.54 Å². The van der Waals surface area contributed by atoms with Crippen molar-refractivity contribution in [2.45, 2.75) is 18.4 Å². The Kier molecular flexibility index (Phi) is 6.44. The van der Waals surface area contributed by atoms with Gasteiger partial charge in [-0.3, -0.25) is 4.79 Å². The molecule has 0 spiro atoms. The van der Waals surface area contributed by atoms with Crippen LogP contribution in [-0.2, 0) is 11.2 Å². The molecule has 6 heteroatoms. The molecule has 0 heterocycles. The van der Waals surface area contributed by atoms with Gasteiger partial charge >= 0.3 is 0 Å². The van der Waals surface area contributed by atoms with E-state index >= 15 is 0 Å². The summed E-state index contributed by atoms with van der Waals surface area (Å²) in [7, 11) is 0. The van der Waals surface area contributed by atoms with E-state index in [0.717, 1.165) is 10.0 Å². The fourth-order valence-corrected chi connectivity index (χ4v) is 2.02. The zero-order valence-electron chi connectivity index (χ0n) is 10.5. The summed E-state index contributed by atoms with van der Waals surface area (Å²) in [6, 6.07) is 7.62. The average Bonchev–Trinajstić information content (AvgIpc) is 2.43. The topological polar surface area (TPSA) is 89.8 Å². The van der Waals surface area contributed by atoms with Crippen molar-refractivity contribution in [1.29, 1.82) is 0 Å². The second kappa shape index (κ2) is 7.59. The number of aliphatic hydroxyl groups is 3. The highest BCUT2D eigenvalue weighted by atomic mass is 79.9. The minimum Gasteiger partial charge on any atom is -0.394 e. The number of aryl methyl sites for hydroxylation is 1. The third-order valence-corrected chi connectivity index (χ3v) is 3.34. The van der Waals surface area contributed by atoms with Crippen molar-refractivity contribution in [3.63, 3.8) is 0 Å². The highest BCUT2D eigenvalue weighted by Gasteiger charge is 2.29. The summed E-state index contributed by atoms with van der Waals surface area (Å²) in [5, 5.41) is 29.8. The van der Waals surface area contributed by atoms with Crippen LogP contribution in [0.2, 0.25) is 0 Å². The van der Waals surface area contributed by atoms with Crippen LogP contribution >= 0.6 is 15.9 Å². The summed E-state index contributed by atoms with van der Waals surface area (Å²) in [4.78, 5) is 11.7. The Labute approximate surface area is 120 Å². The lowest BCUT2D eigenvalue weighted by atomic mass is 10.0. The van der Waals surface area contributed by atoms with E-state index in [-0.39, 0.29) is 12.3 Å². The van der Waals surface area contributed by atoms with Crippen molar-refractivity contribution in [3.8, 4) is 0 Å². The molecule has 1 aromatic rings. The predicted octanol–water partition coefficient (Wildman–Crippen LogP) is 0.214. The van der Waals surface area contributed by atoms with Crippen LogP contribution in [0.3, 0.4) is 0 Å². The molecule has 0 aliphatic rings. The molecular weight excluding hydrogens is 314 g/mol. The van der Waals surface area contributed by atoms with Gasteiger partial charge in [0.05, 0.1) is 19.8 Å². The molecular formula is C13H18BrNO4. The molecule has 0 aromatic heterocycles. The van der Waals surface area contributed by atoms with Gasteiger partial charge in [0.15, 0.2) is 0 Å². The lowest BCUT2D eigenvalue weighted by Gasteiger charge is -2.28. The van der Waals surface area contributed by atoms with E-state index in [2.05, 4.69) is 21.2 Å². The Balaban J connectivity index is 2.52. The van der Waals surface area contributed by atoms with Crippen molar-refractivity contribution in [1.82, 2.24) is 5.32 Å². The number of carbonyl (C=O) groups is 1. The van der Waals surface area contributed by atoms with E-state index in [1.165, 1.54) is 0 Å². The van der Waals surface area contributed by atoms with Gasteiger partial charge < -0.3 is 20.6 Å². The summed E-state index contributed by atoms with van der Waals surface area (Å²) in [6.45, 7) is -1.53. The lowest BCUT2D eigenvalue weighted by Crippen LogP contribution is -2.57. The maximum Gasteiger partial charge on any atom is 0.220 e. The van der Waals surface area contributed by atoms with Crippen LogP contribution in [0, 0.1) is 0 Å². The minimum absolute atomic E-state index is 0.220. The second-order valence-electron chi connectivity index (χ2n) is 4.43. The molecule has 0 saturated heterocycles. The number of carbonyl (C=O) groups excluding carboxylic acids is 1. The van der Waals surface area contributed by atoms with Gasteiger partial charge in [0.25, 0.3) is 0 Å². The molecule has 19 heavy (non-hydrogen) atoms. The highest BCUT2D eigenvalue weighted by molar-refractivity contribution is 9.10. The SMILES string of the molecule is O=C(CCc1cccc(Br)c1)NC(CO)(CO)CO. The first-order valence-corrected chi connectivity index (χ1v) is 6.72. The first kappa shape index (κ1) is 16.1. The predicted molar refractivity (Wildman–Crippen MR) is 74.6 cm³/mol. The number of aliphatic hydroxyl groups excluding tert-OH is 3. The second-order valence-corrected chi connectivity index (χ2v) is 5.35. The van der Waals surface area contributed by atoms with Crippen molar-refractivity contribution < 1.29 is 20.1 Å². The molecule has 1 rings (SSSR count). The fourth-order valence-electron chi connectivity index (χ4n) is 1.58. The first-order valence-electron chi connectivity index (χ1n) is 5.93. The van der Waals surface area contributed by atoms with Crippen LogP contribution < -0.4 is 5.32 Å². The van der Waals surface area contributed by atoms with Crippen molar-refractivity contribution >= 4 is 21.8 Å². The van der Waals surface area contributed by atoms with Gasteiger partial charge in [0, 0.05) is 10.9 Å². The third-order valence-electron chi connectivity index (χ3n) is 2.84. The molecule has 0 aliphatic heterocycles. The van der Waals surface area contributed by atoms with Crippen LogP contribution in [0.1, 0.15) is 12.0 Å². The van der Waals surface area contributed by atoms with E-state index in [1.807, 2.05) is 24.3 Å². The molecule has 1 aromatic carbocycles. The normalized spacial score (nSPS) is 11.4. The number of nitrogens with one attached hydrogen (secondary N) is 1. The molecule has 0 radical (unpaired) electrons. The molecule has 0 bridgehead atoms. The number of amides is 1. The van der Waals surface area contributed by atoms with E-state index in [4.69, 9.17) is 15.3 Å². The molecule has 0 atom stereocenters. The van der Waals surface area contributed by atoms with Gasteiger partial charge in [-0.15, -0.1) is 0 Å². The zero-order valence-corrected chi connectivity index (χ0v) is 12.1. The monoisotopic (exact) mass is 331 g/mol. The maximum atomic E-state index is 11.7. The van der Waals surface area contributed by atoms with E-state index in [1.54, 1.807) is 0 Å². The molecule has 0 aliphatic carbocycles. The number of halogens is 1. The standard InChI is InChI=1S/C13H18BrNO4/c14-11-3-1-2-10(6-11)4-5-12(19)15-13(7-16,8-17)9-18/h1-3,6,16-18H,4-5,7-9H2,(H,15,19). The van der Waals surface area contributed by atoms with Gasteiger partial charge in [-0.05, 0) is 24.1 Å². The Morgan fingerprint density at radius 3 is 2.37 bits per heavy atom. The summed E-state index contributed by atoms with van der Waals surface area (Å²) >= 11 is 3.35. The summed E-state index contributed by atoms with van der Waals surface area (Å²) < 4.78 is 0.945. The third kappa shape index (κ3) is 4.91. The van der Waals surface area contributed by atoms with E-state index < -0.39 is 25.4 Å². The van der Waals surface area contributed by atoms with Crippen molar-refractivity contribution in [3.05, 3.63) is 34.3 Å². The summed E-state index contributed by atoms with van der Waals surface area (Å²) in [6.07, 6.45) is 0.766. The van der Waals surface area contributed by atoms with E-state index in [0.29, 0.717) is 6.42 Å².